The van der Waals surface area contributed by atoms with Crippen LogP contribution in [0.1, 0.15) is 79.6 Å². The van der Waals surface area contributed by atoms with Gasteiger partial charge in [0.05, 0.1) is 18.1 Å². The SMILES string of the molecule is C=C[C@@H](C)CC(=O)[C@]1(O)[C@@H](C)[C@H](O)C[C@H]2C(C)(C)CC[C@](O)(OC(=O)CN3CCCCC3)[C@@]21C. The van der Waals surface area contributed by atoms with E-state index in [1.807, 2.05) is 25.7 Å². The molecule has 0 aromatic rings. The predicted octanol–water partition coefficient (Wildman–Crippen LogP) is 3.06. The van der Waals surface area contributed by atoms with Gasteiger partial charge in [0.1, 0.15) is 5.60 Å². The van der Waals surface area contributed by atoms with Gasteiger partial charge < -0.3 is 20.1 Å². The number of hydrogen-bond donors (Lipinski definition) is 3. The molecule has 1 heterocycles. The first kappa shape index (κ1) is 27.3. The normalized spacial score (nSPS) is 41.2. The molecule has 0 bridgehead atoms. The molecule has 2 saturated carbocycles. The summed E-state index contributed by atoms with van der Waals surface area (Å²) < 4.78 is 5.87. The number of allylic oxidation sites excluding steroid dienone is 1. The van der Waals surface area contributed by atoms with E-state index in [0.717, 1.165) is 32.4 Å². The Balaban J connectivity index is 2.03. The van der Waals surface area contributed by atoms with Crippen LogP contribution in [0.5, 0.6) is 0 Å². The van der Waals surface area contributed by atoms with Crippen LogP contribution in [0, 0.1) is 28.6 Å². The van der Waals surface area contributed by atoms with Crippen molar-refractivity contribution < 1.29 is 29.6 Å². The number of esters is 1. The van der Waals surface area contributed by atoms with Crippen LogP contribution in [0.3, 0.4) is 0 Å². The number of hydrogen-bond acceptors (Lipinski definition) is 7. The number of carbonyl (C=O) groups excluding carboxylic acids is 2. The first-order valence-corrected chi connectivity index (χ1v) is 13.0. The third-order valence-electron chi connectivity index (χ3n) is 9.48. The fourth-order valence-corrected chi connectivity index (χ4v) is 7.05. The fourth-order valence-electron chi connectivity index (χ4n) is 7.05. The van der Waals surface area contributed by atoms with Crippen LogP contribution >= 0.6 is 0 Å². The average molecular weight is 480 g/mol. The Morgan fingerprint density at radius 2 is 1.76 bits per heavy atom. The van der Waals surface area contributed by atoms with Crippen LogP contribution in [0.25, 0.3) is 0 Å². The summed E-state index contributed by atoms with van der Waals surface area (Å²) >= 11 is 0. The molecule has 3 rings (SSSR count). The highest BCUT2D eigenvalue weighted by molar-refractivity contribution is 5.89. The van der Waals surface area contributed by atoms with Crippen LogP contribution in [0.4, 0.5) is 0 Å². The maximum Gasteiger partial charge on any atom is 0.322 e. The number of piperidine rings is 1. The molecule has 194 valence electrons. The number of likely N-dealkylation sites (tertiary alicyclic amines) is 1. The van der Waals surface area contributed by atoms with Gasteiger partial charge in [-0.05, 0) is 62.9 Å². The molecule has 3 N–H and O–H groups in total. The van der Waals surface area contributed by atoms with Crippen LogP contribution in [0.2, 0.25) is 0 Å². The van der Waals surface area contributed by atoms with Crippen molar-refractivity contribution in [1.29, 1.82) is 0 Å². The second-order valence-electron chi connectivity index (χ2n) is 12.0. The lowest BCUT2D eigenvalue weighted by Gasteiger charge is -2.67. The summed E-state index contributed by atoms with van der Waals surface area (Å²) in [5, 5.41) is 35.3. The minimum absolute atomic E-state index is 0.0254. The van der Waals surface area contributed by atoms with Crippen molar-refractivity contribution in [2.45, 2.75) is 97.1 Å². The molecule has 34 heavy (non-hydrogen) atoms. The monoisotopic (exact) mass is 479 g/mol. The van der Waals surface area contributed by atoms with E-state index in [4.69, 9.17) is 4.74 Å². The lowest BCUT2D eigenvalue weighted by molar-refractivity contribution is -0.362. The van der Waals surface area contributed by atoms with Gasteiger partial charge >= 0.3 is 5.97 Å². The first-order valence-electron chi connectivity index (χ1n) is 13.0. The smallest absolute Gasteiger partial charge is 0.322 e. The van der Waals surface area contributed by atoms with Gasteiger partial charge in [-0.15, -0.1) is 6.58 Å². The number of ketones is 1. The number of aliphatic hydroxyl groups is 3. The number of fused-ring (bicyclic) bond motifs is 1. The lowest BCUT2D eigenvalue weighted by atomic mass is 9.41. The van der Waals surface area contributed by atoms with Gasteiger partial charge in [-0.2, -0.15) is 0 Å². The largest absolute Gasteiger partial charge is 0.432 e. The molecule has 0 aromatic carbocycles. The highest BCUT2D eigenvalue weighted by Gasteiger charge is 2.75. The van der Waals surface area contributed by atoms with Crippen LogP contribution in [0.15, 0.2) is 12.7 Å². The number of nitrogens with zero attached hydrogens (tertiary/aromatic N) is 1. The zero-order valence-corrected chi connectivity index (χ0v) is 21.7. The fraction of sp³-hybridized carbons (Fsp3) is 0.852. The van der Waals surface area contributed by atoms with Gasteiger partial charge in [0, 0.05) is 18.8 Å². The maximum absolute atomic E-state index is 13.7. The van der Waals surface area contributed by atoms with Crippen molar-refractivity contribution in [3.63, 3.8) is 0 Å². The summed E-state index contributed by atoms with van der Waals surface area (Å²) in [7, 11) is 0. The second kappa shape index (κ2) is 9.64. The summed E-state index contributed by atoms with van der Waals surface area (Å²) in [5.41, 5.74) is -3.96. The van der Waals surface area contributed by atoms with Gasteiger partial charge in [0.25, 0.3) is 0 Å². The molecule has 0 aromatic heterocycles. The molecule has 0 radical (unpaired) electrons. The topological polar surface area (TPSA) is 107 Å². The molecule has 0 unspecified atom stereocenters. The third-order valence-corrected chi connectivity index (χ3v) is 9.48. The number of rotatable bonds is 7. The molecular weight excluding hydrogens is 434 g/mol. The summed E-state index contributed by atoms with van der Waals surface area (Å²) in [5.74, 6) is -4.49. The number of Topliss-reactive ketones (excluding diaryl/α,β-unsaturated/α-hetero) is 1. The summed E-state index contributed by atoms with van der Waals surface area (Å²) in [6.07, 6.45) is 4.91. The molecule has 7 atom stereocenters. The molecule has 7 heteroatoms. The summed E-state index contributed by atoms with van der Waals surface area (Å²) in [4.78, 5) is 28.8. The zero-order chi connectivity index (χ0) is 25.5. The molecule has 2 aliphatic carbocycles. The van der Waals surface area contributed by atoms with Gasteiger partial charge in [-0.3, -0.25) is 14.5 Å². The second-order valence-corrected chi connectivity index (χ2v) is 12.0. The quantitative estimate of drug-likeness (QED) is 0.293. The zero-order valence-electron chi connectivity index (χ0n) is 21.7. The van der Waals surface area contributed by atoms with E-state index in [1.54, 1.807) is 19.9 Å². The van der Waals surface area contributed by atoms with Gasteiger partial charge in [0.15, 0.2) is 5.78 Å². The number of carbonyl (C=O) groups is 2. The Labute approximate surface area is 204 Å². The molecule has 1 saturated heterocycles. The number of aliphatic hydroxyl groups excluding tert-OH is 1. The van der Waals surface area contributed by atoms with Crippen molar-refractivity contribution in [2.75, 3.05) is 19.6 Å². The molecule has 3 aliphatic rings. The molecular formula is C27H45NO6. The Bertz CT molecular complexity index is 792. The van der Waals surface area contributed by atoms with E-state index in [1.165, 1.54) is 0 Å². The summed E-state index contributed by atoms with van der Waals surface area (Å²) in [6, 6.07) is 0. The highest BCUT2D eigenvalue weighted by atomic mass is 16.7. The van der Waals surface area contributed by atoms with Crippen molar-refractivity contribution in [1.82, 2.24) is 4.90 Å². The van der Waals surface area contributed by atoms with Gasteiger partial charge in [-0.25, -0.2) is 0 Å². The van der Waals surface area contributed by atoms with Crippen molar-refractivity contribution in [2.24, 2.45) is 28.6 Å². The Hall–Kier alpha value is -1.28. The first-order chi connectivity index (χ1) is 15.7. The van der Waals surface area contributed by atoms with Crippen molar-refractivity contribution >= 4 is 11.8 Å². The van der Waals surface area contributed by atoms with Crippen LogP contribution in [-0.4, -0.2) is 69.1 Å². The molecule has 1 aliphatic heterocycles. The van der Waals surface area contributed by atoms with E-state index in [9.17, 15) is 24.9 Å². The molecule has 7 nitrogen and oxygen atoms in total. The minimum Gasteiger partial charge on any atom is -0.432 e. The highest BCUT2D eigenvalue weighted by Crippen LogP contribution is 2.66. The van der Waals surface area contributed by atoms with E-state index in [2.05, 4.69) is 6.58 Å². The Morgan fingerprint density at radius 3 is 2.35 bits per heavy atom. The van der Waals surface area contributed by atoms with Gasteiger partial charge in [-0.1, -0.05) is 40.2 Å². The Morgan fingerprint density at radius 1 is 1.15 bits per heavy atom. The third kappa shape index (κ3) is 4.38. The standard InChI is InChI=1S/C27H45NO6/c1-7-18(2)15-22(30)27(33)19(3)20(29)16-21-24(4,5)11-12-26(32,25(21,27)6)34-23(31)17-28-13-9-8-10-14-28/h7,18-21,29,32-33H,1,8-17H2,2-6H3/t18-,19+,20-,21+,25-,26+,27-/m1/s1. The van der Waals surface area contributed by atoms with E-state index in [-0.39, 0.29) is 30.7 Å². The minimum atomic E-state index is -2.08. The lowest BCUT2D eigenvalue weighted by Crippen LogP contribution is -2.77. The Kier molecular flexibility index (Phi) is 7.74. The molecule has 0 spiro atoms. The molecule has 3 fully saturated rings. The van der Waals surface area contributed by atoms with E-state index >= 15 is 0 Å². The van der Waals surface area contributed by atoms with Crippen LogP contribution in [-0.2, 0) is 14.3 Å². The molecule has 0 amide bonds. The van der Waals surface area contributed by atoms with Gasteiger partial charge in [0.2, 0.25) is 5.79 Å². The number of ether oxygens (including phenoxy) is 1. The maximum atomic E-state index is 13.7. The average Bonchev–Trinajstić information content (AvgIpc) is 2.78. The van der Waals surface area contributed by atoms with E-state index < -0.39 is 46.5 Å². The predicted molar refractivity (Wildman–Crippen MR) is 130 cm³/mol. The van der Waals surface area contributed by atoms with Crippen molar-refractivity contribution in [3.8, 4) is 0 Å². The van der Waals surface area contributed by atoms with E-state index in [0.29, 0.717) is 12.8 Å². The van der Waals surface area contributed by atoms with Crippen molar-refractivity contribution in [3.05, 3.63) is 12.7 Å². The van der Waals surface area contributed by atoms with Crippen LogP contribution < -0.4 is 0 Å². The summed E-state index contributed by atoms with van der Waals surface area (Å²) in [6.45, 7) is 14.7.